The van der Waals surface area contributed by atoms with Gasteiger partial charge >= 0.3 is 0 Å². The number of hydrogen-bond acceptors (Lipinski definition) is 5. The maximum absolute atomic E-state index is 12.0. The van der Waals surface area contributed by atoms with Crippen molar-refractivity contribution in [3.05, 3.63) is 54.4 Å². The number of carbonyl (C=O) groups is 2. The molecule has 0 radical (unpaired) electrons. The Morgan fingerprint density at radius 1 is 1.00 bits per heavy atom. The number of hydrogen-bond donors (Lipinski definition) is 3. The molecule has 0 atom stereocenters. The van der Waals surface area contributed by atoms with Crippen LogP contribution in [0, 0.1) is 0 Å². The largest absolute Gasteiger partial charge is 0.330 e. The van der Waals surface area contributed by atoms with Gasteiger partial charge < -0.3 is 9.80 Å². The van der Waals surface area contributed by atoms with E-state index < -0.39 is 0 Å². The summed E-state index contributed by atoms with van der Waals surface area (Å²) in [4.78, 5) is 35.7. The molecule has 2 amide bonds. The Kier molecular flexibility index (Phi) is 5.53. The highest BCUT2D eigenvalue weighted by Gasteiger charge is 2.23. The van der Waals surface area contributed by atoms with Crippen LogP contribution in [0.4, 0.5) is 5.95 Å². The number of anilines is 1. The van der Waals surface area contributed by atoms with E-state index in [1.807, 2.05) is 6.07 Å². The fourth-order valence-electron chi connectivity index (χ4n) is 2.71. The van der Waals surface area contributed by atoms with Gasteiger partial charge in [0.25, 0.3) is 11.8 Å². The second kappa shape index (κ2) is 8.20. The van der Waals surface area contributed by atoms with Gasteiger partial charge in [-0.05, 0) is 18.2 Å². The lowest BCUT2D eigenvalue weighted by atomic mass is 10.2. The summed E-state index contributed by atoms with van der Waals surface area (Å²) in [5.41, 5.74) is 5.42. The molecule has 1 aromatic carbocycles. The van der Waals surface area contributed by atoms with Crippen molar-refractivity contribution in [2.75, 3.05) is 37.6 Å². The van der Waals surface area contributed by atoms with Crippen molar-refractivity contribution >= 4 is 17.8 Å². The molecule has 3 rings (SSSR count). The number of benzene rings is 1. The van der Waals surface area contributed by atoms with Crippen LogP contribution in [0.15, 0.2) is 48.8 Å². The van der Waals surface area contributed by atoms with Gasteiger partial charge in [-0.3, -0.25) is 20.4 Å². The quantitative estimate of drug-likeness (QED) is 0.598. The fourth-order valence-corrected chi connectivity index (χ4v) is 2.71. The van der Waals surface area contributed by atoms with Crippen LogP contribution in [0.5, 0.6) is 0 Å². The lowest BCUT2D eigenvalue weighted by molar-refractivity contribution is -0.892. The number of carbonyl (C=O) groups excluding carboxylic acids is 2. The molecule has 0 saturated carbocycles. The average Bonchev–Trinajstić information content (AvgIpc) is 2.68. The number of hydrazine groups is 1. The maximum Gasteiger partial charge on any atom is 0.293 e. The highest BCUT2D eigenvalue weighted by atomic mass is 16.2. The minimum Gasteiger partial charge on any atom is -0.330 e. The molecular weight excluding hydrogens is 320 g/mol. The first-order chi connectivity index (χ1) is 12.2. The molecule has 2 aromatic rings. The van der Waals surface area contributed by atoms with Crippen LogP contribution < -0.4 is 20.7 Å². The van der Waals surface area contributed by atoms with E-state index in [-0.39, 0.29) is 11.8 Å². The molecule has 8 heteroatoms. The minimum atomic E-state index is -0.324. The number of aromatic nitrogens is 2. The van der Waals surface area contributed by atoms with E-state index in [0.29, 0.717) is 12.1 Å². The minimum absolute atomic E-state index is 0.205. The van der Waals surface area contributed by atoms with Crippen LogP contribution in [-0.2, 0) is 4.79 Å². The molecule has 0 unspecified atom stereocenters. The molecule has 0 spiro atoms. The topological polar surface area (TPSA) is 91.7 Å². The molecule has 1 aromatic heterocycles. The summed E-state index contributed by atoms with van der Waals surface area (Å²) in [5, 5.41) is 0. The van der Waals surface area contributed by atoms with Gasteiger partial charge in [0.05, 0.1) is 26.2 Å². The SMILES string of the molecule is O=C(C[NH+]1CCN(c2ncccn2)CC1)NNC(=O)c1ccccc1. The van der Waals surface area contributed by atoms with E-state index in [9.17, 15) is 9.59 Å². The maximum atomic E-state index is 12.0. The van der Waals surface area contributed by atoms with Crippen molar-refractivity contribution in [3.8, 4) is 0 Å². The van der Waals surface area contributed by atoms with Crippen LogP contribution in [0.25, 0.3) is 0 Å². The number of amides is 2. The Morgan fingerprint density at radius 2 is 1.68 bits per heavy atom. The van der Waals surface area contributed by atoms with Gasteiger partial charge in [-0.1, -0.05) is 18.2 Å². The first kappa shape index (κ1) is 16.8. The van der Waals surface area contributed by atoms with Crippen molar-refractivity contribution in [3.63, 3.8) is 0 Å². The smallest absolute Gasteiger partial charge is 0.293 e. The highest BCUT2D eigenvalue weighted by molar-refractivity contribution is 5.95. The summed E-state index contributed by atoms with van der Waals surface area (Å²) >= 11 is 0. The first-order valence-corrected chi connectivity index (χ1v) is 8.22. The molecule has 25 heavy (non-hydrogen) atoms. The highest BCUT2D eigenvalue weighted by Crippen LogP contribution is 2.03. The number of quaternary nitrogens is 1. The molecule has 1 fully saturated rings. The molecule has 1 aliphatic rings. The third kappa shape index (κ3) is 4.74. The van der Waals surface area contributed by atoms with Gasteiger partial charge in [0.15, 0.2) is 6.54 Å². The Morgan fingerprint density at radius 3 is 2.36 bits per heavy atom. The number of rotatable bonds is 4. The third-order valence-corrected chi connectivity index (χ3v) is 4.07. The molecule has 0 bridgehead atoms. The molecular formula is C17H21N6O2+. The summed E-state index contributed by atoms with van der Waals surface area (Å²) in [6.07, 6.45) is 3.45. The fraction of sp³-hybridized carbons (Fsp3) is 0.294. The number of nitrogens with zero attached hydrogens (tertiary/aromatic N) is 3. The standard InChI is InChI=1S/C17H20N6O2/c24-15(20-21-16(25)14-5-2-1-3-6-14)13-22-9-11-23(12-10-22)17-18-7-4-8-19-17/h1-8H,9-13H2,(H,20,24)(H,21,25)/p+1. The number of piperazine rings is 1. The lowest BCUT2D eigenvalue weighted by Gasteiger charge is -2.31. The van der Waals surface area contributed by atoms with E-state index in [4.69, 9.17) is 0 Å². The Hall–Kier alpha value is -3.00. The molecule has 130 valence electrons. The Balaban J connectivity index is 1.40. The van der Waals surface area contributed by atoms with E-state index in [0.717, 1.165) is 32.1 Å². The van der Waals surface area contributed by atoms with E-state index in [1.54, 1.807) is 42.7 Å². The van der Waals surface area contributed by atoms with Crippen LogP contribution in [-0.4, -0.2) is 54.5 Å². The van der Waals surface area contributed by atoms with Gasteiger partial charge in [0.1, 0.15) is 0 Å². The predicted octanol–water partition coefficient (Wildman–Crippen LogP) is -1.36. The van der Waals surface area contributed by atoms with Crippen molar-refractivity contribution in [2.24, 2.45) is 0 Å². The molecule has 1 aliphatic heterocycles. The van der Waals surface area contributed by atoms with Crippen LogP contribution >= 0.6 is 0 Å². The normalized spacial score (nSPS) is 14.8. The van der Waals surface area contributed by atoms with Crippen molar-refractivity contribution < 1.29 is 14.5 Å². The van der Waals surface area contributed by atoms with Gasteiger partial charge in [0.2, 0.25) is 5.95 Å². The molecule has 3 N–H and O–H groups in total. The zero-order valence-corrected chi connectivity index (χ0v) is 13.8. The molecule has 1 saturated heterocycles. The summed E-state index contributed by atoms with van der Waals surface area (Å²) in [5.74, 6) is 0.194. The second-order valence-electron chi connectivity index (χ2n) is 5.83. The predicted molar refractivity (Wildman–Crippen MR) is 91.9 cm³/mol. The molecule has 8 nitrogen and oxygen atoms in total. The zero-order valence-electron chi connectivity index (χ0n) is 13.8. The van der Waals surface area contributed by atoms with Crippen LogP contribution in [0.1, 0.15) is 10.4 Å². The summed E-state index contributed by atoms with van der Waals surface area (Å²) < 4.78 is 0. The lowest BCUT2D eigenvalue weighted by Crippen LogP contribution is -3.16. The van der Waals surface area contributed by atoms with Crippen LogP contribution in [0.3, 0.4) is 0 Å². The first-order valence-electron chi connectivity index (χ1n) is 8.22. The van der Waals surface area contributed by atoms with Crippen molar-refractivity contribution in [1.82, 2.24) is 20.8 Å². The Bertz CT molecular complexity index is 702. The summed E-state index contributed by atoms with van der Waals surface area (Å²) in [6, 6.07) is 10.6. The molecule has 2 heterocycles. The van der Waals surface area contributed by atoms with E-state index in [2.05, 4.69) is 25.7 Å². The monoisotopic (exact) mass is 341 g/mol. The van der Waals surface area contributed by atoms with Gasteiger partial charge in [-0.2, -0.15) is 0 Å². The van der Waals surface area contributed by atoms with E-state index in [1.165, 1.54) is 4.90 Å². The molecule has 0 aliphatic carbocycles. The van der Waals surface area contributed by atoms with Crippen LogP contribution in [0.2, 0.25) is 0 Å². The summed E-state index contributed by atoms with van der Waals surface area (Å²) in [7, 11) is 0. The average molecular weight is 341 g/mol. The van der Waals surface area contributed by atoms with Gasteiger partial charge in [0, 0.05) is 18.0 Å². The summed E-state index contributed by atoms with van der Waals surface area (Å²) in [6.45, 7) is 3.54. The number of nitrogens with one attached hydrogen (secondary N) is 3. The Labute approximate surface area is 145 Å². The van der Waals surface area contributed by atoms with Crippen molar-refractivity contribution in [1.29, 1.82) is 0 Å². The zero-order chi connectivity index (χ0) is 17.5. The van der Waals surface area contributed by atoms with E-state index >= 15 is 0 Å². The van der Waals surface area contributed by atoms with Gasteiger partial charge in [-0.25, -0.2) is 9.97 Å². The van der Waals surface area contributed by atoms with Gasteiger partial charge in [-0.15, -0.1) is 0 Å². The van der Waals surface area contributed by atoms with Crippen molar-refractivity contribution in [2.45, 2.75) is 0 Å². The second-order valence-corrected chi connectivity index (χ2v) is 5.83. The third-order valence-electron chi connectivity index (χ3n) is 4.07.